The third kappa shape index (κ3) is 3.10. The highest BCUT2D eigenvalue weighted by atomic mass is 16.5. The van der Waals surface area contributed by atoms with Crippen molar-refractivity contribution in [1.29, 1.82) is 0 Å². The maximum Gasteiger partial charge on any atom is 0.339 e. The second-order valence-corrected chi connectivity index (χ2v) is 8.79. The van der Waals surface area contributed by atoms with E-state index in [1.54, 1.807) is 0 Å². The van der Waals surface area contributed by atoms with Crippen LogP contribution in [0.15, 0.2) is 39.5 Å². The van der Waals surface area contributed by atoms with Gasteiger partial charge in [0.1, 0.15) is 11.3 Å². The average molecular weight is 404 g/mol. The van der Waals surface area contributed by atoms with E-state index in [1.807, 2.05) is 6.92 Å². The second-order valence-electron chi connectivity index (χ2n) is 8.79. The first-order valence-electron chi connectivity index (χ1n) is 11.2. The standard InChI is InChI=1S/C26H29NO3/c1-4-16(2)18-9-11-20(12-10-18)27-14-19-13-23-21-7-5-6-8-22(21)26(28)30-25(23)17(3)24(19)29-15-27/h9-13,16H,4-8,14-15H2,1-3H3. The molecule has 30 heavy (non-hydrogen) atoms. The predicted octanol–water partition coefficient (Wildman–Crippen LogP) is 5.85. The van der Waals surface area contributed by atoms with E-state index in [0.717, 1.165) is 60.9 Å². The fourth-order valence-electron chi connectivity index (χ4n) is 4.92. The number of hydrogen-bond acceptors (Lipinski definition) is 4. The quantitative estimate of drug-likeness (QED) is 0.515. The zero-order chi connectivity index (χ0) is 20.8. The van der Waals surface area contributed by atoms with Gasteiger partial charge >= 0.3 is 5.63 Å². The lowest BCUT2D eigenvalue weighted by molar-refractivity contribution is 0.287. The number of nitrogens with zero attached hydrogens (tertiary/aromatic N) is 1. The van der Waals surface area contributed by atoms with Crippen molar-refractivity contribution in [1.82, 2.24) is 0 Å². The van der Waals surface area contributed by atoms with Crippen molar-refractivity contribution in [3.8, 4) is 5.75 Å². The summed E-state index contributed by atoms with van der Waals surface area (Å²) in [5.74, 6) is 1.45. The van der Waals surface area contributed by atoms with Crippen LogP contribution in [-0.4, -0.2) is 6.73 Å². The fraction of sp³-hybridized carbons (Fsp3) is 0.423. The maximum absolute atomic E-state index is 12.5. The van der Waals surface area contributed by atoms with Gasteiger partial charge in [0.25, 0.3) is 0 Å². The topological polar surface area (TPSA) is 42.7 Å². The van der Waals surface area contributed by atoms with Gasteiger partial charge in [-0.15, -0.1) is 0 Å². The Morgan fingerprint density at radius 1 is 1.10 bits per heavy atom. The highest BCUT2D eigenvalue weighted by Gasteiger charge is 2.25. The molecule has 4 heteroatoms. The van der Waals surface area contributed by atoms with E-state index in [1.165, 1.54) is 22.4 Å². The van der Waals surface area contributed by atoms with E-state index in [4.69, 9.17) is 9.15 Å². The third-order valence-corrected chi connectivity index (χ3v) is 6.94. The summed E-state index contributed by atoms with van der Waals surface area (Å²) < 4.78 is 11.9. The lowest BCUT2D eigenvalue weighted by Gasteiger charge is -2.32. The second kappa shape index (κ2) is 7.50. The molecule has 0 saturated carbocycles. The summed E-state index contributed by atoms with van der Waals surface area (Å²) in [5, 5.41) is 1.10. The molecule has 0 N–H and O–H groups in total. The minimum atomic E-state index is -0.168. The van der Waals surface area contributed by atoms with Gasteiger partial charge in [0, 0.05) is 34.3 Å². The van der Waals surface area contributed by atoms with Crippen molar-refractivity contribution < 1.29 is 9.15 Å². The number of hydrogen-bond donors (Lipinski definition) is 0. The number of anilines is 1. The molecule has 0 amide bonds. The third-order valence-electron chi connectivity index (χ3n) is 6.94. The first-order valence-corrected chi connectivity index (χ1v) is 11.2. The van der Waals surface area contributed by atoms with Gasteiger partial charge in [-0.1, -0.05) is 26.0 Å². The Hall–Kier alpha value is -2.75. The highest BCUT2D eigenvalue weighted by molar-refractivity contribution is 5.87. The molecule has 4 nitrogen and oxygen atoms in total. The van der Waals surface area contributed by atoms with Crippen LogP contribution in [0.1, 0.15) is 66.8 Å². The molecule has 0 radical (unpaired) electrons. The van der Waals surface area contributed by atoms with Gasteiger partial charge < -0.3 is 14.1 Å². The van der Waals surface area contributed by atoms with Gasteiger partial charge in [-0.25, -0.2) is 4.79 Å². The molecule has 0 saturated heterocycles. The van der Waals surface area contributed by atoms with Gasteiger partial charge in [0.2, 0.25) is 0 Å². The Morgan fingerprint density at radius 2 is 1.83 bits per heavy atom. The summed E-state index contributed by atoms with van der Waals surface area (Å²) in [6.45, 7) is 7.79. The number of ether oxygens (including phenoxy) is 1. The van der Waals surface area contributed by atoms with Crippen molar-refractivity contribution in [2.75, 3.05) is 11.6 Å². The van der Waals surface area contributed by atoms with Gasteiger partial charge in [0.15, 0.2) is 6.73 Å². The lowest BCUT2D eigenvalue weighted by Crippen LogP contribution is -2.32. The normalized spacial score (nSPS) is 16.7. The van der Waals surface area contributed by atoms with Crippen LogP contribution in [0.3, 0.4) is 0 Å². The Labute approximate surface area is 177 Å². The van der Waals surface area contributed by atoms with Crippen LogP contribution in [0.25, 0.3) is 11.0 Å². The molecule has 1 aliphatic heterocycles. The van der Waals surface area contributed by atoms with E-state index in [-0.39, 0.29) is 5.63 Å². The molecular formula is C26H29NO3. The Kier molecular flexibility index (Phi) is 4.80. The molecule has 2 heterocycles. The molecular weight excluding hydrogens is 374 g/mol. The highest BCUT2D eigenvalue weighted by Crippen LogP contribution is 2.38. The minimum absolute atomic E-state index is 0.168. The molecule has 1 aliphatic carbocycles. The van der Waals surface area contributed by atoms with Crippen LogP contribution < -0.4 is 15.3 Å². The van der Waals surface area contributed by atoms with Gasteiger partial charge in [0.05, 0.1) is 0 Å². The van der Waals surface area contributed by atoms with Crippen LogP contribution in [0.2, 0.25) is 0 Å². The van der Waals surface area contributed by atoms with Crippen LogP contribution in [0, 0.1) is 6.92 Å². The van der Waals surface area contributed by atoms with E-state index in [9.17, 15) is 4.79 Å². The molecule has 0 fully saturated rings. The van der Waals surface area contributed by atoms with E-state index in [0.29, 0.717) is 18.2 Å². The van der Waals surface area contributed by atoms with E-state index >= 15 is 0 Å². The SMILES string of the molecule is CCC(C)c1ccc(N2COc3c(cc4c5c(c(=O)oc4c3C)CCCC5)C2)cc1. The van der Waals surface area contributed by atoms with Crippen LogP contribution in [-0.2, 0) is 19.4 Å². The maximum atomic E-state index is 12.5. The summed E-state index contributed by atoms with van der Waals surface area (Å²) in [7, 11) is 0. The lowest BCUT2D eigenvalue weighted by atomic mass is 9.89. The molecule has 2 aromatic carbocycles. The molecule has 0 spiro atoms. The average Bonchev–Trinajstić information content (AvgIpc) is 2.79. The molecule has 1 atom stereocenters. The van der Waals surface area contributed by atoms with Gasteiger partial charge in [-0.3, -0.25) is 0 Å². The monoisotopic (exact) mass is 403 g/mol. The summed E-state index contributed by atoms with van der Waals surface area (Å²) in [6.07, 6.45) is 5.13. The summed E-state index contributed by atoms with van der Waals surface area (Å²) >= 11 is 0. The van der Waals surface area contributed by atoms with Crippen molar-refractivity contribution in [3.63, 3.8) is 0 Å². The fourth-order valence-corrected chi connectivity index (χ4v) is 4.92. The summed E-state index contributed by atoms with van der Waals surface area (Å²) in [6, 6.07) is 11.1. The van der Waals surface area contributed by atoms with Gasteiger partial charge in [-0.05, 0) is 74.3 Å². The number of aryl methyl sites for hydroxylation is 2. The molecule has 0 bridgehead atoms. The number of rotatable bonds is 3. The van der Waals surface area contributed by atoms with Gasteiger partial charge in [-0.2, -0.15) is 0 Å². The van der Waals surface area contributed by atoms with Crippen LogP contribution in [0.5, 0.6) is 5.75 Å². The Balaban J connectivity index is 1.54. The zero-order valence-electron chi connectivity index (χ0n) is 18.1. The smallest absolute Gasteiger partial charge is 0.339 e. The molecule has 2 aliphatic rings. The number of fused-ring (bicyclic) bond motifs is 4. The minimum Gasteiger partial charge on any atom is -0.472 e. The summed E-state index contributed by atoms with van der Waals surface area (Å²) in [4.78, 5) is 14.8. The van der Waals surface area contributed by atoms with Crippen molar-refractivity contribution in [2.24, 2.45) is 0 Å². The van der Waals surface area contributed by atoms with E-state index in [2.05, 4.69) is 49.1 Å². The molecule has 156 valence electrons. The molecule has 1 unspecified atom stereocenters. The zero-order valence-corrected chi connectivity index (χ0v) is 18.1. The van der Waals surface area contributed by atoms with Crippen LogP contribution in [0.4, 0.5) is 5.69 Å². The summed E-state index contributed by atoms with van der Waals surface area (Å²) in [5.41, 5.74) is 7.26. The largest absolute Gasteiger partial charge is 0.472 e. The van der Waals surface area contributed by atoms with Crippen molar-refractivity contribution in [2.45, 2.75) is 65.3 Å². The van der Waals surface area contributed by atoms with Crippen molar-refractivity contribution >= 4 is 16.7 Å². The Bertz CT molecular complexity index is 1160. The van der Waals surface area contributed by atoms with E-state index < -0.39 is 0 Å². The Morgan fingerprint density at radius 3 is 2.57 bits per heavy atom. The molecule has 1 aromatic heterocycles. The molecule has 3 aromatic rings. The van der Waals surface area contributed by atoms with Crippen LogP contribution >= 0.6 is 0 Å². The first kappa shape index (κ1) is 19.2. The molecule has 5 rings (SSSR count). The van der Waals surface area contributed by atoms with Crippen molar-refractivity contribution in [3.05, 3.63) is 68.6 Å². The number of benzene rings is 2. The predicted molar refractivity (Wildman–Crippen MR) is 121 cm³/mol. The first-order chi connectivity index (χ1) is 14.6.